The second-order valence-electron chi connectivity index (χ2n) is 6.89. The van der Waals surface area contributed by atoms with Crippen molar-refractivity contribution in [2.45, 2.75) is 13.8 Å². The highest BCUT2D eigenvalue weighted by atomic mass is 16.5. The van der Waals surface area contributed by atoms with Gasteiger partial charge in [-0.2, -0.15) is 0 Å². The summed E-state index contributed by atoms with van der Waals surface area (Å²) in [6, 6.07) is 23.6. The zero-order valence-corrected chi connectivity index (χ0v) is 18.3. The molecule has 33 heavy (non-hydrogen) atoms. The standard InChI is InChI=1S/C23H18N6O2.C2H6/c24-15-5-4-6-17(13-15)29-22-20(21(25)26-14-27-22)28(23(29)30)16-9-11-19(12-10-16)31-18-7-2-1-3-8-18;1-2/h1-14H,24H2,(H2,25,26,27);1-2H3. The second-order valence-corrected chi connectivity index (χ2v) is 6.89. The molecule has 2 heterocycles. The van der Waals surface area contributed by atoms with Crippen molar-refractivity contribution in [2.75, 3.05) is 11.5 Å². The first-order chi connectivity index (χ1) is 16.1. The predicted molar refractivity (Wildman–Crippen MR) is 131 cm³/mol. The summed E-state index contributed by atoms with van der Waals surface area (Å²) in [4.78, 5) is 21.8. The Kier molecular flexibility index (Phi) is 6.08. The number of nitrogen functional groups attached to an aromatic ring is 2. The van der Waals surface area contributed by atoms with Crippen LogP contribution in [0, 0.1) is 0 Å². The van der Waals surface area contributed by atoms with E-state index in [1.54, 1.807) is 48.5 Å². The number of fused-ring (bicyclic) bond motifs is 1. The Morgan fingerprint density at radius 1 is 0.758 bits per heavy atom. The van der Waals surface area contributed by atoms with Crippen LogP contribution in [-0.2, 0) is 0 Å². The van der Waals surface area contributed by atoms with E-state index >= 15 is 0 Å². The first-order valence-electron chi connectivity index (χ1n) is 10.5. The highest BCUT2D eigenvalue weighted by molar-refractivity contribution is 5.85. The van der Waals surface area contributed by atoms with Crippen molar-refractivity contribution in [3.8, 4) is 22.9 Å². The van der Waals surface area contributed by atoms with Crippen molar-refractivity contribution in [3.05, 3.63) is 95.7 Å². The minimum atomic E-state index is -0.329. The summed E-state index contributed by atoms with van der Waals surface area (Å²) in [5.41, 5.74) is 14.3. The maximum Gasteiger partial charge on any atom is 0.339 e. The van der Waals surface area contributed by atoms with Gasteiger partial charge in [0.2, 0.25) is 0 Å². The van der Waals surface area contributed by atoms with Crippen LogP contribution in [0.3, 0.4) is 0 Å². The normalized spacial score (nSPS) is 10.5. The van der Waals surface area contributed by atoms with Gasteiger partial charge in [0.1, 0.15) is 23.3 Å². The van der Waals surface area contributed by atoms with Gasteiger partial charge in [0.15, 0.2) is 11.5 Å². The maximum absolute atomic E-state index is 13.5. The first kappa shape index (κ1) is 21.6. The van der Waals surface area contributed by atoms with E-state index in [1.165, 1.54) is 15.5 Å². The van der Waals surface area contributed by atoms with Crippen LogP contribution in [0.4, 0.5) is 11.5 Å². The zero-order valence-electron chi connectivity index (χ0n) is 18.3. The molecule has 0 saturated carbocycles. The quantitative estimate of drug-likeness (QED) is 0.396. The van der Waals surface area contributed by atoms with Crippen LogP contribution in [0.25, 0.3) is 22.5 Å². The van der Waals surface area contributed by atoms with Crippen molar-refractivity contribution < 1.29 is 4.74 Å². The van der Waals surface area contributed by atoms with Crippen molar-refractivity contribution in [1.82, 2.24) is 19.1 Å². The second kappa shape index (κ2) is 9.27. The van der Waals surface area contributed by atoms with E-state index < -0.39 is 0 Å². The van der Waals surface area contributed by atoms with Crippen molar-refractivity contribution >= 4 is 22.7 Å². The molecule has 5 rings (SSSR count). The Hall–Kier alpha value is -4.59. The van der Waals surface area contributed by atoms with Gasteiger partial charge in [-0.3, -0.25) is 4.57 Å². The predicted octanol–water partition coefficient (Wildman–Crippen LogP) is 4.55. The Bertz CT molecular complexity index is 1440. The largest absolute Gasteiger partial charge is 0.457 e. The lowest BCUT2D eigenvalue weighted by molar-refractivity contribution is 0.482. The third-order valence-electron chi connectivity index (χ3n) is 4.85. The molecule has 0 atom stereocenters. The van der Waals surface area contributed by atoms with Crippen LogP contribution in [0.5, 0.6) is 11.5 Å². The van der Waals surface area contributed by atoms with Gasteiger partial charge in [-0.15, -0.1) is 0 Å². The molecule has 4 N–H and O–H groups in total. The molecule has 0 fully saturated rings. The Morgan fingerprint density at radius 3 is 2.15 bits per heavy atom. The molecule has 0 radical (unpaired) electrons. The molecule has 0 aliphatic rings. The Morgan fingerprint density at radius 2 is 1.45 bits per heavy atom. The van der Waals surface area contributed by atoms with Crippen LogP contribution in [0.1, 0.15) is 13.8 Å². The fourth-order valence-electron chi connectivity index (χ4n) is 3.47. The number of anilines is 2. The van der Waals surface area contributed by atoms with Crippen molar-refractivity contribution in [1.29, 1.82) is 0 Å². The monoisotopic (exact) mass is 440 g/mol. The van der Waals surface area contributed by atoms with Gasteiger partial charge >= 0.3 is 5.69 Å². The van der Waals surface area contributed by atoms with Crippen LogP contribution < -0.4 is 21.9 Å². The average molecular weight is 441 g/mol. The molecule has 8 nitrogen and oxygen atoms in total. The molecule has 0 spiro atoms. The molecule has 0 bridgehead atoms. The molecule has 3 aromatic carbocycles. The van der Waals surface area contributed by atoms with Crippen molar-refractivity contribution in [3.63, 3.8) is 0 Å². The van der Waals surface area contributed by atoms with E-state index in [4.69, 9.17) is 16.2 Å². The molecule has 2 aromatic heterocycles. The molecule has 0 amide bonds. The van der Waals surface area contributed by atoms with Gasteiger partial charge in [-0.1, -0.05) is 38.1 Å². The number of benzene rings is 3. The Labute approximate surface area is 190 Å². The lowest BCUT2D eigenvalue weighted by Crippen LogP contribution is -2.22. The van der Waals surface area contributed by atoms with Gasteiger partial charge < -0.3 is 16.2 Å². The molecular weight excluding hydrogens is 416 g/mol. The topological polar surface area (TPSA) is 114 Å². The maximum atomic E-state index is 13.5. The van der Waals surface area contributed by atoms with Crippen LogP contribution in [0.2, 0.25) is 0 Å². The van der Waals surface area contributed by atoms with Crippen LogP contribution in [-0.4, -0.2) is 19.1 Å². The van der Waals surface area contributed by atoms with Gasteiger partial charge in [0.25, 0.3) is 0 Å². The summed E-state index contributed by atoms with van der Waals surface area (Å²) in [5.74, 6) is 1.57. The highest BCUT2D eigenvalue weighted by Gasteiger charge is 2.20. The number of aromatic nitrogens is 4. The highest BCUT2D eigenvalue weighted by Crippen LogP contribution is 2.26. The van der Waals surface area contributed by atoms with E-state index in [-0.39, 0.29) is 11.5 Å². The summed E-state index contributed by atoms with van der Waals surface area (Å²) >= 11 is 0. The lowest BCUT2D eigenvalue weighted by Gasteiger charge is -2.08. The molecule has 166 valence electrons. The van der Waals surface area contributed by atoms with Crippen LogP contribution >= 0.6 is 0 Å². The molecule has 0 unspecified atom stereocenters. The summed E-state index contributed by atoms with van der Waals surface area (Å²) in [5, 5.41) is 0. The molecule has 0 aliphatic heterocycles. The number of imidazole rings is 1. The lowest BCUT2D eigenvalue weighted by atomic mass is 10.3. The van der Waals surface area contributed by atoms with E-state index in [0.29, 0.717) is 34.0 Å². The van der Waals surface area contributed by atoms with E-state index in [9.17, 15) is 4.79 Å². The molecule has 5 aromatic rings. The molecule has 8 heteroatoms. The summed E-state index contributed by atoms with van der Waals surface area (Å²) in [6.07, 6.45) is 1.33. The number of ether oxygens (including phenoxy) is 1. The first-order valence-corrected chi connectivity index (χ1v) is 10.5. The Balaban J connectivity index is 0.00000126. The third kappa shape index (κ3) is 4.14. The number of nitrogens with zero attached hydrogens (tertiary/aromatic N) is 4. The van der Waals surface area contributed by atoms with E-state index in [0.717, 1.165) is 5.75 Å². The summed E-state index contributed by atoms with van der Waals surface area (Å²) < 4.78 is 8.80. The number of hydrogen-bond donors (Lipinski definition) is 2. The molecule has 0 aliphatic carbocycles. The van der Waals surface area contributed by atoms with E-state index in [1.807, 2.05) is 44.2 Å². The number of nitrogens with two attached hydrogens (primary N) is 2. The average Bonchev–Trinajstić information content (AvgIpc) is 3.15. The van der Waals surface area contributed by atoms with Gasteiger partial charge in [-0.05, 0) is 54.6 Å². The summed E-state index contributed by atoms with van der Waals surface area (Å²) in [7, 11) is 0. The number of rotatable bonds is 4. The smallest absolute Gasteiger partial charge is 0.339 e. The third-order valence-corrected chi connectivity index (χ3v) is 4.85. The van der Waals surface area contributed by atoms with Gasteiger partial charge in [0.05, 0.1) is 11.4 Å². The van der Waals surface area contributed by atoms with Crippen LogP contribution in [0.15, 0.2) is 90.0 Å². The molecule has 0 saturated heterocycles. The fourth-order valence-corrected chi connectivity index (χ4v) is 3.47. The molecular formula is C25H24N6O2. The van der Waals surface area contributed by atoms with Gasteiger partial charge in [0, 0.05) is 5.69 Å². The minimum Gasteiger partial charge on any atom is -0.457 e. The number of para-hydroxylation sites is 1. The zero-order chi connectivity index (χ0) is 23.4. The van der Waals surface area contributed by atoms with Gasteiger partial charge in [-0.25, -0.2) is 19.3 Å². The number of hydrogen-bond acceptors (Lipinski definition) is 6. The fraction of sp³-hybridized carbons (Fsp3) is 0.0800. The SMILES string of the molecule is CC.Nc1cccc(-n2c(=O)n(-c3ccc(Oc4ccccc4)cc3)c3c(N)ncnc32)c1. The minimum absolute atomic E-state index is 0.203. The van der Waals surface area contributed by atoms with Crippen molar-refractivity contribution in [2.24, 2.45) is 0 Å². The summed E-state index contributed by atoms with van der Waals surface area (Å²) in [6.45, 7) is 4.00. The van der Waals surface area contributed by atoms with E-state index in [2.05, 4.69) is 9.97 Å².